The van der Waals surface area contributed by atoms with Gasteiger partial charge in [-0.1, -0.05) is 36.9 Å². The number of nitrogens with one attached hydrogen (secondary N) is 1. The van der Waals surface area contributed by atoms with Crippen LogP contribution in [0.4, 0.5) is 5.00 Å². The summed E-state index contributed by atoms with van der Waals surface area (Å²) < 4.78 is 7.38. The van der Waals surface area contributed by atoms with Crippen LogP contribution in [0.2, 0.25) is 0 Å². The van der Waals surface area contributed by atoms with Crippen molar-refractivity contribution in [3.63, 3.8) is 0 Å². The molecule has 7 nitrogen and oxygen atoms in total. The molecule has 2 aromatic heterocycles. The number of thiophene rings is 1. The zero-order valence-corrected chi connectivity index (χ0v) is 20.3. The molecule has 0 spiro atoms. The second-order valence-corrected chi connectivity index (χ2v) is 9.96. The summed E-state index contributed by atoms with van der Waals surface area (Å²) in [6.07, 6.45) is 4.71. The summed E-state index contributed by atoms with van der Waals surface area (Å²) in [5.74, 6) is 1.95. The second-order valence-electron chi connectivity index (χ2n) is 7.91. The van der Waals surface area contributed by atoms with Crippen LogP contribution in [0.5, 0.6) is 5.75 Å². The predicted molar refractivity (Wildman–Crippen MR) is 132 cm³/mol. The van der Waals surface area contributed by atoms with E-state index in [9.17, 15) is 10.1 Å². The highest BCUT2D eigenvalue weighted by Crippen LogP contribution is 2.39. The van der Waals surface area contributed by atoms with E-state index >= 15 is 0 Å². The number of para-hydroxylation sites is 1. The largest absolute Gasteiger partial charge is 0.496 e. The van der Waals surface area contributed by atoms with Crippen LogP contribution < -0.4 is 10.1 Å². The Labute approximate surface area is 201 Å². The molecule has 0 bridgehead atoms. The minimum absolute atomic E-state index is 0.158. The Hall–Kier alpha value is -3.09. The Balaban J connectivity index is 1.50. The molecule has 0 aliphatic heterocycles. The molecule has 0 fully saturated rings. The van der Waals surface area contributed by atoms with Gasteiger partial charge in [-0.25, -0.2) is 0 Å². The molecular formula is C24H25N5O2S2. The van der Waals surface area contributed by atoms with Gasteiger partial charge in [0.05, 0.1) is 24.0 Å². The van der Waals surface area contributed by atoms with E-state index in [2.05, 4.69) is 35.1 Å². The number of amides is 1. The summed E-state index contributed by atoms with van der Waals surface area (Å²) >= 11 is 2.84. The molecule has 4 rings (SSSR count). The molecule has 1 atom stereocenters. The van der Waals surface area contributed by atoms with E-state index < -0.39 is 0 Å². The number of ether oxygens (including phenoxy) is 1. The number of nitriles is 1. The van der Waals surface area contributed by atoms with Crippen LogP contribution in [0.25, 0.3) is 11.4 Å². The Kier molecular flexibility index (Phi) is 7.16. The average molecular weight is 480 g/mol. The molecule has 0 saturated heterocycles. The standard InChI is InChI=1S/C24H25N5O2S2/c1-4-11-29-22(17-7-5-6-8-19(17)31-3)27-28-24(29)32-14-21(30)26-23-18(13-25)16-10-9-15(2)12-20(16)33-23/h4-8,15H,1,9-12,14H2,2-3H3,(H,26,30). The van der Waals surface area contributed by atoms with Gasteiger partial charge in [0.15, 0.2) is 11.0 Å². The van der Waals surface area contributed by atoms with E-state index in [0.717, 1.165) is 30.4 Å². The van der Waals surface area contributed by atoms with E-state index in [-0.39, 0.29) is 11.7 Å². The number of fused-ring (bicyclic) bond motifs is 1. The van der Waals surface area contributed by atoms with Crippen molar-refractivity contribution < 1.29 is 9.53 Å². The van der Waals surface area contributed by atoms with Gasteiger partial charge in [0.25, 0.3) is 0 Å². The monoisotopic (exact) mass is 479 g/mol. The fourth-order valence-electron chi connectivity index (χ4n) is 3.97. The van der Waals surface area contributed by atoms with Gasteiger partial charge in [0.2, 0.25) is 5.91 Å². The van der Waals surface area contributed by atoms with Crippen LogP contribution in [0.1, 0.15) is 29.3 Å². The van der Waals surface area contributed by atoms with Gasteiger partial charge in [0, 0.05) is 11.4 Å². The fraction of sp³-hybridized carbons (Fsp3) is 0.333. The predicted octanol–water partition coefficient (Wildman–Crippen LogP) is 4.93. The second kappa shape index (κ2) is 10.2. The van der Waals surface area contributed by atoms with Crippen LogP contribution in [0.3, 0.4) is 0 Å². The highest BCUT2D eigenvalue weighted by Gasteiger charge is 2.25. The normalized spacial score (nSPS) is 14.9. The molecule has 3 aromatic rings. The highest BCUT2D eigenvalue weighted by atomic mass is 32.2. The molecular weight excluding hydrogens is 454 g/mol. The number of carbonyl (C=O) groups excluding carboxylic acids is 1. The number of benzene rings is 1. The first-order valence-corrected chi connectivity index (χ1v) is 12.5. The number of hydrogen-bond donors (Lipinski definition) is 1. The van der Waals surface area contributed by atoms with Crippen molar-refractivity contribution in [2.24, 2.45) is 5.92 Å². The average Bonchev–Trinajstić information content (AvgIpc) is 3.37. The maximum Gasteiger partial charge on any atom is 0.235 e. The van der Waals surface area contributed by atoms with E-state index in [1.807, 2.05) is 28.8 Å². The Morgan fingerprint density at radius 2 is 2.27 bits per heavy atom. The molecule has 9 heteroatoms. The zero-order chi connectivity index (χ0) is 23.4. The quantitative estimate of drug-likeness (QED) is 0.364. The molecule has 170 valence electrons. The number of hydrogen-bond acceptors (Lipinski definition) is 7. The summed E-state index contributed by atoms with van der Waals surface area (Å²) in [6, 6.07) is 9.90. The number of aromatic nitrogens is 3. The first-order chi connectivity index (χ1) is 16.0. The van der Waals surface area contributed by atoms with E-state index in [1.165, 1.54) is 28.0 Å². The molecule has 1 aliphatic carbocycles. The third kappa shape index (κ3) is 4.82. The number of nitrogens with zero attached hydrogens (tertiary/aromatic N) is 4. The molecule has 33 heavy (non-hydrogen) atoms. The van der Waals surface area contributed by atoms with Crippen molar-refractivity contribution >= 4 is 34.0 Å². The van der Waals surface area contributed by atoms with Gasteiger partial charge in [0.1, 0.15) is 16.8 Å². The minimum atomic E-state index is -0.171. The van der Waals surface area contributed by atoms with Crippen LogP contribution in [-0.2, 0) is 24.2 Å². The van der Waals surface area contributed by atoms with Crippen molar-refractivity contribution in [1.82, 2.24) is 14.8 Å². The summed E-state index contributed by atoms with van der Waals surface area (Å²) in [6.45, 7) is 6.56. The third-order valence-electron chi connectivity index (χ3n) is 5.59. The maximum atomic E-state index is 12.7. The van der Waals surface area contributed by atoms with Gasteiger partial charge in [-0.15, -0.1) is 28.1 Å². The topological polar surface area (TPSA) is 92.8 Å². The fourth-order valence-corrected chi connectivity index (χ4v) is 6.09. The molecule has 1 unspecified atom stereocenters. The van der Waals surface area contributed by atoms with Crippen LogP contribution in [0, 0.1) is 17.2 Å². The number of carbonyl (C=O) groups is 1. The summed E-state index contributed by atoms with van der Waals surface area (Å²) in [4.78, 5) is 14.0. The number of thioether (sulfide) groups is 1. The third-order valence-corrected chi connectivity index (χ3v) is 7.72. The lowest BCUT2D eigenvalue weighted by atomic mass is 9.89. The summed E-state index contributed by atoms with van der Waals surface area (Å²) in [5.41, 5.74) is 2.55. The molecule has 1 N–H and O–H groups in total. The smallest absolute Gasteiger partial charge is 0.235 e. The van der Waals surface area contributed by atoms with Crippen LogP contribution in [-0.4, -0.2) is 33.5 Å². The number of methoxy groups -OCH3 is 1. The number of allylic oxidation sites excluding steroid dienone is 1. The van der Waals surface area contributed by atoms with Crippen molar-refractivity contribution in [2.45, 2.75) is 37.9 Å². The summed E-state index contributed by atoms with van der Waals surface area (Å²) in [5, 5.41) is 22.5. The van der Waals surface area contributed by atoms with E-state index in [1.54, 1.807) is 13.2 Å². The van der Waals surface area contributed by atoms with Crippen LogP contribution >= 0.6 is 23.1 Å². The lowest BCUT2D eigenvalue weighted by molar-refractivity contribution is -0.113. The lowest BCUT2D eigenvalue weighted by Gasteiger charge is -2.17. The molecule has 2 heterocycles. The molecule has 0 radical (unpaired) electrons. The number of anilines is 1. The Morgan fingerprint density at radius 3 is 3.03 bits per heavy atom. The zero-order valence-electron chi connectivity index (χ0n) is 18.6. The highest BCUT2D eigenvalue weighted by molar-refractivity contribution is 7.99. The SMILES string of the molecule is C=CCn1c(SCC(=O)Nc2sc3c(c2C#N)CCC(C)C3)nnc1-c1ccccc1OC. The van der Waals surface area contributed by atoms with Crippen LogP contribution in [0.15, 0.2) is 42.1 Å². The summed E-state index contributed by atoms with van der Waals surface area (Å²) in [7, 11) is 1.62. The molecule has 1 aromatic carbocycles. The molecule has 0 saturated carbocycles. The first-order valence-electron chi connectivity index (χ1n) is 10.7. The van der Waals surface area contributed by atoms with Gasteiger partial charge >= 0.3 is 0 Å². The Bertz CT molecular complexity index is 1220. The lowest BCUT2D eigenvalue weighted by Crippen LogP contribution is -2.15. The van der Waals surface area contributed by atoms with Crippen molar-refractivity contribution in [3.8, 4) is 23.2 Å². The van der Waals surface area contributed by atoms with E-state index in [4.69, 9.17) is 4.74 Å². The molecule has 1 amide bonds. The van der Waals surface area contributed by atoms with Gasteiger partial charge in [-0.2, -0.15) is 5.26 Å². The van der Waals surface area contributed by atoms with Gasteiger partial charge in [-0.3, -0.25) is 9.36 Å². The van der Waals surface area contributed by atoms with Gasteiger partial charge in [-0.05, 0) is 42.9 Å². The molecule has 1 aliphatic rings. The van der Waals surface area contributed by atoms with Gasteiger partial charge < -0.3 is 10.1 Å². The van der Waals surface area contributed by atoms with Crippen molar-refractivity contribution in [2.75, 3.05) is 18.2 Å². The van der Waals surface area contributed by atoms with Crippen molar-refractivity contribution in [3.05, 3.63) is 52.9 Å². The number of rotatable bonds is 8. The van der Waals surface area contributed by atoms with Crippen molar-refractivity contribution in [1.29, 1.82) is 5.26 Å². The first kappa shape index (κ1) is 23.1. The maximum absolute atomic E-state index is 12.7. The Morgan fingerprint density at radius 1 is 1.45 bits per heavy atom. The minimum Gasteiger partial charge on any atom is -0.496 e. The van der Waals surface area contributed by atoms with E-state index in [0.29, 0.717) is 39.8 Å².